The van der Waals surface area contributed by atoms with Crippen LogP contribution in [0, 0.1) is 6.92 Å². The molecule has 0 aliphatic carbocycles. The zero-order valence-electron chi connectivity index (χ0n) is 9.01. The van der Waals surface area contributed by atoms with E-state index in [0.717, 1.165) is 11.3 Å². The normalized spacial score (nSPS) is 8.81. The summed E-state index contributed by atoms with van der Waals surface area (Å²) in [4.78, 5) is 19.3. The third-order valence-corrected chi connectivity index (χ3v) is 1.74. The largest absolute Gasteiger partial charge is 0.481 e. The van der Waals surface area contributed by atoms with E-state index in [0.29, 0.717) is 0 Å². The van der Waals surface area contributed by atoms with E-state index >= 15 is 0 Å². The standard InChI is InChI=1S/C7H9N.C4H6O4/c1-6-4-2-3-5-7(6)8;5-3(6)1-2-4(7)8/h2-5H,8H2,1H3;1-2H2,(H,5,6)(H,7,8). The van der Waals surface area contributed by atoms with Crippen molar-refractivity contribution >= 4 is 17.6 Å². The third kappa shape index (κ3) is 7.37. The van der Waals surface area contributed by atoms with Gasteiger partial charge >= 0.3 is 11.9 Å². The Morgan fingerprint density at radius 1 is 1.12 bits per heavy atom. The molecular formula is C11H15NO4. The summed E-state index contributed by atoms with van der Waals surface area (Å²) in [5, 5.41) is 15.8. The first-order valence-electron chi connectivity index (χ1n) is 4.68. The molecular weight excluding hydrogens is 210 g/mol. The Hall–Kier alpha value is -2.04. The van der Waals surface area contributed by atoms with Gasteiger partial charge in [0.25, 0.3) is 0 Å². The highest BCUT2D eigenvalue weighted by Crippen LogP contribution is 2.06. The summed E-state index contributed by atoms with van der Waals surface area (Å²) in [6, 6.07) is 7.80. The van der Waals surface area contributed by atoms with Gasteiger partial charge in [-0.1, -0.05) is 18.2 Å². The minimum absolute atomic E-state index is 0.296. The second-order valence-corrected chi connectivity index (χ2v) is 3.14. The predicted molar refractivity (Wildman–Crippen MR) is 60.1 cm³/mol. The van der Waals surface area contributed by atoms with Crippen molar-refractivity contribution in [1.82, 2.24) is 0 Å². The van der Waals surface area contributed by atoms with Gasteiger partial charge in [-0.2, -0.15) is 0 Å². The maximum Gasteiger partial charge on any atom is 0.303 e. The second-order valence-electron chi connectivity index (χ2n) is 3.14. The van der Waals surface area contributed by atoms with Crippen molar-refractivity contribution in [2.75, 3.05) is 5.73 Å². The molecule has 1 rings (SSSR count). The van der Waals surface area contributed by atoms with Crippen LogP contribution >= 0.6 is 0 Å². The molecule has 0 atom stereocenters. The molecule has 0 radical (unpaired) electrons. The number of aliphatic carboxylic acids is 2. The summed E-state index contributed by atoms with van der Waals surface area (Å²) in [5.74, 6) is -2.15. The molecule has 0 unspecified atom stereocenters. The van der Waals surface area contributed by atoms with Crippen LogP contribution in [0.15, 0.2) is 24.3 Å². The van der Waals surface area contributed by atoms with Crippen molar-refractivity contribution in [2.24, 2.45) is 0 Å². The van der Waals surface area contributed by atoms with E-state index in [1.165, 1.54) is 0 Å². The fourth-order valence-corrected chi connectivity index (χ4v) is 0.801. The molecule has 0 saturated heterocycles. The van der Waals surface area contributed by atoms with Gasteiger partial charge < -0.3 is 15.9 Å². The number of anilines is 1. The SMILES string of the molecule is Cc1ccccc1N.O=C(O)CCC(=O)O. The molecule has 0 fully saturated rings. The van der Waals surface area contributed by atoms with Gasteiger partial charge in [0.1, 0.15) is 0 Å². The highest BCUT2D eigenvalue weighted by molar-refractivity contribution is 5.75. The van der Waals surface area contributed by atoms with Crippen molar-refractivity contribution in [3.05, 3.63) is 29.8 Å². The highest BCUT2D eigenvalue weighted by atomic mass is 16.4. The Morgan fingerprint density at radius 3 is 1.81 bits per heavy atom. The average Bonchev–Trinajstić information content (AvgIpc) is 2.20. The number of nitrogens with two attached hydrogens (primary N) is 1. The van der Waals surface area contributed by atoms with Crippen molar-refractivity contribution in [3.8, 4) is 0 Å². The fraction of sp³-hybridized carbons (Fsp3) is 0.273. The lowest BCUT2D eigenvalue weighted by atomic mass is 10.2. The number of nitrogen functional groups attached to an aromatic ring is 1. The van der Waals surface area contributed by atoms with E-state index < -0.39 is 11.9 Å². The number of hydrogen-bond donors (Lipinski definition) is 3. The van der Waals surface area contributed by atoms with Crippen LogP contribution in [0.1, 0.15) is 18.4 Å². The smallest absolute Gasteiger partial charge is 0.303 e. The average molecular weight is 225 g/mol. The topological polar surface area (TPSA) is 101 Å². The van der Waals surface area contributed by atoms with Crippen molar-refractivity contribution in [2.45, 2.75) is 19.8 Å². The summed E-state index contributed by atoms with van der Waals surface area (Å²) in [5.41, 5.74) is 7.53. The third-order valence-electron chi connectivity index (χ3n) is 1.74. The van der Waals surface area contributed by atoms with Crippen LogP contribution in [-0.2, 0) is 9.59 Å². The van der Waals surface area contributed by atoms with Gasteiger partial charge in [0.2, 0.25) is 0 Å². The Kier molecular flexibility index (Phi) is 6.35. The second kappa shape index (κ2) is 7.28. The van der Waals surface area contributed by atoms with E-state index in [2.05, 4.69) is 0 Å². The summed E-state index contributed by atoms with van der Waals surface area (Å²) in [6.45, 7) is 2.00. The van der Waals surface area contributed by atoms with E-state index in [1.54, 1.807) is 0 Å². The first-order valence-corrected chi connectivity index (χ1v) is 4.68. The molecule has 5 heteroatoms. The van der Waals surface area contributed by atoms with Crippen molar-refractivity contribution in [1.29, 1.82) is 0 Å². The first-order chi connectivity index (χ1) is 7.43. The molecule has 1 aromatic rings. The Balaban J connectivity index is 0.000000281. The number of carbonyl (C=O) groups is 2. The molecule has 0 aliphatic rings. The van der Waals surface area contributed by atoms with Gasteiger partial charge in [-0.3, -0.25) is 9.59 Å². The van der Waals surface area contributed by atoms with Crippen LogP contribution in [0.5, 0.6) is 0 Å². The van der Waals surface area contributed by atoms with E-state index in [4.69, 9.17) is 15.9 Å². The Bertz CT molecular complexity index is 328. The lowest BCUT2D eigenvalue weighted by Gasteiger charge is -1.93. The summed E-state index contributed by atoms with van der Waals surface area (Å²) < 4.78 is 0. The number of carboxylic acid groups (broad SMARTS) is 2. The monoisotopic (exact) mass is 225 g/mol. The fourth-order valence-electron chi connectivity index (χ4n) is 0.801. The molecule has 1 aromatic carbocycles. The molecule has 4 N–H and O–H groups in total. The van der Waals surface area contributed by atoms with Gasteiger partial charge in [0.15, 0.2) is 0 Å². The quantitative estimate of drug-likeness (QED) is 0.677. The van der Waals surface area contributed by atoms with Crippen molar-refractivity contribution < 1.29 is 19.8 Å². The molecule has 0 heterocycles. The van der Waals surface area contributed by atoms with Crippen LogP contribution in [0.4, 0.5) is 5.69 Å². The number of carboxylic acids is 2. The van der Waals surface area contributed by atoms with Crippen LogP contribution in [0.2, 0.25) is 0 Å². The van der Waals surface area contributed by atoms with E-state index in [-0.39, 0.29) is 12.8 Å². The van der Waals surface area contributed by atoms with E-state index in [1.807, 2.05) is 31.2 Å². The highest BCUT2D eigenvalue weighted by Gasteiger charge is 2.00. The zero-order chi connectivity index (χ0) is 12.6. The van der Waals surface area contributed by atoms with Gasteiger partial charge in [-0.25, -0.2) is 0 Å². The Labute approximate surface area is 93.5 Å². The molecule has 0 spiro atoms. The van der Waals surface area contributed by atoms with Gasteiger partial charge in [0, 0.05) is 5.69 Å². The summed E-state index contributed by atoms with van der Waals surface area (Å²) in [6.07, 6.45) is -0.593. The Morgan fingerprint density at radius 2 is 1.56 bits per heavy atom. The van der Waals surface area contributed by atoms with Crippen LogP contribution in [-0.4, -0.2) is 22.2 Å². The van der Waals surface area contributed by atoms with Crippen LogP contribution in [0.3, 0.4) is 0 Å². The predicted octanol–water partition coefficient (Wildman–Crippen LogP) is 1.51. The molecule has 0 amide bonds. The van der Waals surface area contributed by atoms with Gasteiger partial charge in [0.05, 0.1) is 12.8 Å². The molecule has 16 heavy (non-hydrogen) atoms. The van der Waals surface area contributed by atoms with Crippen LogP contribution in [0.25, 0.3) is 0 Å². The minimum Gasteiger partial charge on any atom is -0.481 e. The molecule has 5 nitrogen and oxygen atoms in total. The molecule has 0 aromatic heterocycles. The van der Waals surface area contributed by atoms with E-state index in [9.17, 15) is 9.59 Å². The summed E-state index contributed by atoms with van der Waals surface area (Å²) >= 11 is 0. The number of hydrogen-bond acceptors (Lipinski definition) is 3. The van der Waals surface area contributed by atoms with Crippen LogP contribution < -0.4 is 5.73 Å². The maximum atomic E-state index is 9.64. The van der Waals surface area contributed by atoms with Gasteiger partial charge in [-0.05, 0) is 18.6 Å². The van der Waals surface area contributed by atoms with Gasteiger partial charge in [-0.15, -0.1) is 0 Å². The molecule has 0 saturated carbocycles. The lowest BCUT2D eigenvalue weighted by Crippen LogP contribution is -2.00. The zero-order valence-corrected chi connectivity index (χ0v) is 9.01. The lowest BCUT2D eigenvalue weighted by molar-refractivity contribution is -0.143. The molecule has 0 aliphatic heterocycles. The number of para-hydroxylation sites is 1. The number of aryl methyl sites for hydroxylation is 1. The first kappa shape index (κ1) is 14.0. The maximum absolute atomic E-state index is 9.64. The number of rotatable bonds is 3. The molecule has 88 valence electrons. The minimum atomic E-state index is -1.08. The van der Waals surface area contributed by atoms with Crippen molar-refractivity contribution in [3.63, 3.8) is 0 Å². The summed E-state index contributed by atoms with van der Waals surface area (Å²) in [7, 11) is 0. The number of benzene rings is 1. The molecule has 0 bridgehead atoms.